The maximum absolute atomic E-state index is 4.59. The predicted octanol–water partition coefficient (Wildman–Crippen LogP) is 3.45. The SMILES string of the molecule is CCc1cc(CNc2ccc(C)c(N(C)C)c2)n(CC)n1. The zero-order valence-corrected chi connectivity index (χ0v) is 13.8. The second-order valence-electron chi connectivity index (χ2n) is 5.55. The highest BCUT2D eigenvalue weighted by atomic mass is 15.3. The van der Waals surface area contributed by atoms with Crippen LogP contribution in [0.5, 0.6) is 0 Å². The van der Waals surface area contributed by atoms with Gasteiger partial charge in [-0.3, -0.25) is 4.68 Å². The Morgan fingerprint density at radius 3 is 2.57 bits per heavy atom. The molecule has 0 saturated heterocycles. The fraction of sp³-hybridized carbons (Fsp3) is 0.471. The molecule has 0 atom stereocenters. The smallest absolute Gasteiger partial charge is 0.0625 e. The number of anilines is 2. The summed E-state index contributed by atoms with van der Waals surface area (Å²) < 4.78 is 2.08. The summed E-state index contributed by atoms with van der Waals surface area (Å²) in [5.41, 5.74) is 6.08. The summed E-state index contributed by atoms with van der Waals surface area (Å²) in [5.74, 6) is 0. The van der Waals surface area contributed by atoms with Crippen molar-refractivity contribution in [2.24, 2.45) is 0 Å². The molecule has 0 unspecified atom stereocenters. The van der Waals surface area contributed by atoms with Crippen molar-refractivity contribution in [1.29, 1.82) is 0 Å². The van der Waals surface area contributed by atoms with Crippen molar-refractivity contribution < 1.29 is 0 Å². The largest absolute Gasteiger partial charge is 0.379 e. The Morgan fingerprint density at radius 2 is 1.95 bits per heavy atom. The minimum Gasteiger partial charge on any atom is -0.379 e. The summed E-state index contributed by atoms with van der Waals surface area (Å²) in [7, 11) is 4.15. The monoisotopic (exact) mass is 286 g/mol. The molecule has 1 heterocycles. The summed E-state index contributed by atoms with van der Waals surface area (Å²) in [6, 6.07) is 8.68. The van der Waals surface area contributed by atoms with Gasteiger partial charge in [-0.25, -0.2) is 0 Å². The maximum atomic E-state index is 4.59. The number of nitrogens with one attached hydrogen (secondary N) is 1. The van der Waals surface area contributed by atoms with Gasteiger partial charge in [0.25, 0.3) is 0 Å². The molecule has 2 aromatic rings. The fourth-order valence-corrected chi connectivity index (χ4v) is 2.50. The van der Waals surface area contributed by atoms with Crippen molar-refractivity contribution in [1.82, 2.24) is 9.78 Å². The fourth-order valence-electron chi connectivity index (χ4n) is 2.50. The van der Waals surface area contributed by atoms with E-state index < -0.39 is 0 Å². The first kappa shape index (κ1) is 15.4. The highest BCUT2D eigenvalue weighted by Gasteiger charge is 2.06. The molecule has 0 saturated carbocycles. The number of benzene rings is 1. The molecule has 1 N–H and O–H groups in total. The minimum absolute atomic E-state index is 0.802. The lowest BCUT2D eigenvalue weighted by Gasteiger charge is -2.17. The van der Waals surface area contributed by atoms with Crippen LogP contribution in [-0.4, -0.2) is 23.9 Å². The molecule has 0 radical (unpaired) electrons. The van der Waals surface area contributed by atoms with Crippen molar-refractivity contribution in [3.05, 3.63) is 41.2 Å². The minimum atomic E-state index is 0.802. The van der Waals surface area contributed by atoms with Crippen molar-refractivity contribution in [3.63, 3.8) is 0 Å². The highest BCUT2D eigenvalue weighted by molar-refractivity contribution is 5.61. The Balaban J connectivity index is 2.13. The number of aromatic nitrogens is 2. The lowest BCUT2D eigenvalue weighted by molar-refractivity contribution is 0.619. The van der Waals surface area contributed by atoms with E-state index in [2.05, 4.69) is 79.1 Å². The Kier molecular flexibility index (Phi) is 4.89. The summed E-state index contributed by atoms with van der Waals surface area (Å²) in [4.78, 5) is 2.14. The van der Waals surface area contributed by atoms with E-state index in [9.17, 15) is 0 Å². The van der Waals surface area contributed by atoms with E-state index in [4.69, 9.17) is 0 Å². The molecule has 0 aliphatic heterocycles. The first-order valence-corrected chi connectivity index (χ1v) is 7.62. The van der Waals surface area contributed by atoms with Crippen molar-refractivity contribution in [2.75, 3.05) is 24.3 Å². The van der Waals surface area contributed by atoms with Crippen molar-refractivity contribution in [3.8, 4) is 0 Å². The Bertz CT molecular complexity index is 599. The van der Waals surface area contributed by atoms with Crippen LogP contribution >= 0.6 is 0 Å². The number of hydrogen-bond acceptors (Lipinski definition) is 3. The Labute approximate surface area is 127 Å². The zero-order valence-electron chi connectivity index (χ0n) is 13.8. The lowest BCUT2D eigenvalue weighted by atomic mass is 10.1. The second-order valence-corrected chi connectivity index (χ2v) is 5.55. The quantitative estimate of drug-likeness (QED) is 0.883. The van der Waals surface area contributed by atoms with Crippen LogP contribution in [0, 0.1) is 6.92 Å². The summed E-state index contributed by atoms with van der Waals surface area (Å²) in [6.45, 7) is 8.12. The van der Waals surface area contributed by atoms with Crippen LogP contribution < -0.4 is 10.2 Å². The van der Waals surface area contributed by atoms with Gasteiger partial charge in [0.1, 0.15) is 0 Å². The zero-order chi connectivity index (χ0) is 15.4. The van der Waals surface area contributed by atoms with Gasteiger partial charge in [0.2, 0.25) is 0 Å². The molecule has 4 nitrogen and oxygen atoms in total. The molecular formula is C17H26N4. The average Bonchev–Trinajstić information content (AvgIpc) is 2.88. The number of nitrogens with zero attached hydrogens (tertiary/aromatic N) is 3. The molecule has 1 aromatic carbocycles. The van der Waals surface area contributed by atoms with Gasteiger partial charge in [0.15, 0.2) is 0 Å². The van der Waals surface area contributed by atoms with Gasteiger partial charge in [-0.15, -0.1) is 0 Å². The average molecular weight is 286 g/mol. The van der Waals surface area contributed by atoms with Crippen LogP contribution in [0.2, 0.25) is 0 Å². The third-order valence-corrected chi connectivity index (χ3v) is 3.74. The van der Waals surface area contributed by atoms with E-state index in [1.807, 2.05) is 0 Å². The van der Waals surface area contributed by atoms with Gasteiger partial charge in [-0.1, -0.05) is 13.0 Å². The van der Waals surface area contributed by atoms with Gasteiger partial charge in [0, 0.05) is 32.0 Å². The summed E-state index contributed by atoms with van der Waals surface area (Å²) in [5, 5.41) is 8.10. The molecule has 0 fully saturated rings. The molecular weight excluding hydrogens is 260 g/mol. The van der Waals surface area contributed by atoms with Crippen LogP contribution in [0.1, 0.15) is 30.8 Å². The third kappa shape index (κ3) is 3.57. The van der Waals surface area contributed by atoms with Gasteiger partial charge in [0.05, 0.1) is 17.9 Å². The van der Waals surface area contributed by atoms with Crippen LogP contribution in [-0.2, 0) is 19.5 Å². The molecule has 0 aliphatic rings. The van der Waals surface area contributed by atoms with E-state index in [1.165, 1.54) is 16.9 Å². The normalized spacial score (nSPS) is 10.7. The van der Waals surface area contributed by atoms with Gasteiger partial charge in [-0.05, 0) is 44.0 Å². The molecule has 4 heteroatoms. The van der Waals surface area contributed by atoms with Crippen LogP contribution in [0.25, 0.3) is 0 Å². The molecule has 0 bridgehead atoms. The molecule has 114 valence electrons. The Hall–Kier alpha value is -1.97. The van der Waals surface area contributed by atoms with Crippen molar-refractivity contribution in [2.45, 2.75) is 40.3 Å². The molecule has 1 aromatic heterocycles. The molecule has 2 rings (SSSR count). The van der Waals surface area contributed by atoms with Crippen LogP contribution in [0.4, 0.5) is 11.4 Å². The maximum Gasteiger partial charge on any atom is 0.0625 e. The molecule has 0 aliphatic carbocycles. The van der Waals surface area contributed by atoms with Gasteiger partial charge in [-0.2, -0.15) is 5.10 Å². The number of rotatable bonds is 6. The van der Waals surface area contributed by atoms with Gasteiger partial charge >= 0.3 is 0 Å². The Morgan fingerprint density at radius 1 is 1.19 bits per heavy atom. The van der Waals surface area contributed by atoms with E-state index in [1.54, 1.807) is 0 Å². The third-order valence-electron chi connectivity index (χ3n) is 3.74. The molecule has 21 heavy (non-hydrogen) atoms. The number of hydrogen-bond donors (Lipinski definition) is 1. The van der Waals surface area contributed by atoms with Gasteiger partial charge < -0.3 is 10.2 Å². The first-order valence-electron chi connectivity index (χ1n) is 7.62. The van der Waals surface area contributed by atoms with E-state index in [0.29, 0.717) is 0 Å². The van der Waals surface area contributed by atoms with E-state index in [0.717, 1.165) is 30.9 Å². The second kappa shape index (κ2) is 6.66. The van der Waals surface area contributed by atoms with Crippen molar-refractivity contribution >= 4 is 11.4 Å². The summed E-state index contributed by atoms with van der Waals surface area (Å²) >= 11 is 0. The highest BCUT2D eigenvalue weighted by Crippen LogP contribution is 2.23. The predicted molar refractivity (Wildman–Crippen MR) is 90.1 cm³/mol. The van der Waals surface area contributed by atoms with Crippen LogP contribution in [0.15, 0.2) is 24.3 Å². The summed E-state index contributed by atoms with van der Waals surface area (Å²) in [6.07, 6.45) is 0.981. The molecule has 0 spiro atoms. The van der Waals surface area contributed by atoms with E-state index >= 15 is 0 Å². The standard InChI is InChI=1S/C17H26N4/c1-6-14-10-16(21(7-2)19-14)12-18-15-9-8-13(3)17(11-15)20(4)5/h8-11,18H,6-7,12H2,1-5H3. The lowest BCUT2D eigenvalue weighted by Crippen LogP contribution is -2.11. The topological polar surface area (TPSA) is 33.1 Å². The van der Waals surface area contributed by atoms with Crippen LogP contribution in [0.3, 0.4) is 0 Å². The van der Waals surface area contributed by atoms with E-state index in [-0.39, 0.29) is 0 Å². The number of aryl methyl sites for hydroxylation is 3. The molecule has 0 amide bonds. The first-order chi connectivity index (χ1) is 10.0.